The van der Waals surface area contributed by atoms with Gasteiger partial charge >= 0.3 is 17.8 Å². The van der Waals surface area contributed by atoms with Crippen LogP contribution in [0.1, 0.15) is 19.8 Å². The highest BCUT2D eigenvalue weighted by Gasteiger charge is 2.37. The number of piperazine rings is 1. The number of rotatable bonds is 7. The van der Waals surface area contributed by atoms with Gasteiger partial charge in [0.2, 0.25) is 0 Å². The van der Waals surface area contributed by atoms with Gasteiger partial charge in [-0.05, 0) is 44.0 Å². The van der Waals surface area contributed by atoms with Crippen molar-refractivity contribution in [3.05, 3.63) is 24.3 Å². The topological polar surface area (TPSA) is 91.4 Å². The molecule has 1 aromatic carbocycles. The van der Waals surface area contributed by atoms with E-state index in [1.807, 2.05) is 31.2 Å². The molecule has 1 aromatic rings. The summed E-state index contributed by atoms with van der Waals surface area (Å²) in [5, 5.41) is 2.89. The Morgan fingerprint density at radius 2 is 1.77 bits per heavy atom. The van der Waals surface area contributed by atoms with Crippen molar-refractivity contribution in [1.82, 2.24) is 14.7 Å². The summed E-state index contributed by atoms with van der Waals surface area (Å²) in [7, 11) is 1.57. The van der Waals surface area contributed by atoms with Gasteiger partial charge in [-0.1, -0.05) is 0 Å². The van der Waals surface area contributed by atoms with Crippen molar-refractivity contribution in [1.29, 1.82) is 0 Å². The zero-order valence-electron chi connectivity index (χ0n) is 17.6. The number of carbonyl (C=O) groups excluding carboxylic acids is 3. The maximum Gasteiger partial charge on any atom is 0.321 e. The first-order valence-electron chi connectivity index (χ1n) is 10.4. The number of amides is 4. The maximum atomic E-state index is 12.6. The molecule has 1 N–H and O–H groups in total. The minimum absolute atomic E-state index is 0.0134. The zero-order valence-corrected chi connectivity index (χ0v) is 17.6. The van der Waals surface area contributed by atoms with Crippen molar-refractivity contribution >= 4 is 23.5 Å². The molecule has 4 amide bonds. The van der Waals surface area contributed by atoms with Crippen LogP contribution in [0.4, 0.5) is 10.5 Å². The van der Waals surface area contributed by atoms with Gasteiger partial charge in [-0.15, -0.1) is 0 Å². The van der Waals surface area contributed by atoms with E-state index >= 15 is 0 Å². The predicted octanol–water partition coefficient (Wildman–Crippen LogP) is 1.40. The van der Waals surface area contributed by atoms with Crippen LogP contribution in [-0.4, -0.2) is 91.6 Å². The highest BCUT2D eigenvalue weighted by Crippen LogP contribution is 2.21. The lowest BCUT2D eigenvalue weighted by molar-refractivity contribution is -0.158. The Balaban J connectivity index is 1.48. The lowest BCUT2D eigenvalue weighted by Gasteiger charge is -2.42. The van der Waals surface area contributed by atoms with E-state index in [-0.39, 0.29) is 12.1 Å². The first-order valence-corrected chi connectivity index (χ1v) is 10.4. The quantitative estimate of drug-likeness (QED) is 0.676. The number of carbonyl (C=O) groups is 3. The molecule has 0 atom stereocenters. The first kappa shape index (κ1) is 21.9. The molecule has 2 aliphatic heterocycles. The third-order valence-electron chi connectivity index (χ3n) is 5.52. The number of hydrogen-bond donors (Lipinski definition) is 1. The fourth-order valence-corrected chi connectivity index (χ4v) is 3.84. The molecule has 0 unspecified atom stereocenters. The number of nitrogens with one attached hydrogen (secondary N) is 1. The molecule has 0 aromatic heterocycles. The van der Waals surface area contributed by atoms with Gasteiger partial charge < -0.3 is 29.5 Å². The molecule has 3 rings (SSSR count). The van der Waals surface area contributed by atoms with Crippen molar-refractivity contribution in [2.24, 2.45) is 0 Å². The number of piperidine rings is 1. The number of hydrogen-bond acceptors (Lipinski definition) is 5. The normalized spacial score (nSPS) is 18.0. The summed E-state index contributed by atoms with van der Waals surface area (Å²) >= 11 is 0. The summed E-state index contributed by atoms with van der Waals surface area (Å²) in [5.74, 6) is -0.151. The standard InChI is InChI=1S/C21H30N4O5/c1-3-30-18-6-4-16(5-7-18)22-21(28)24-10-8-17(9-11-24)25-13-12-23(14-15-29-2)19(26)20(25)27/h4-7,17H,3,8-15H2,1-2H3,(H,22,28). The monoisotopic (exact) mass is 418 g/mol. The molecule has 164 valence electrons. The van der Waals surface area contributed by atoms with Gasteiger partial charge in [-0.2, -0.15) is 0 Å². The molecule has 0 aliphatic carbocycles. The van der Waals surface area contributed by atoms with Crippen molar-refractivity contribution in [3.63, 3.8) is 0 Å². The average Bonchev–Trinajstić information content (AvgIpc) is 2.76. The number of urea groups is 1. The van der Waals surface area contributed by atoms with E-state index in [2.05, 4.69) is 5.32 Å². The van der Waals surface area contributed by atoms with Crippen LogP contribution in [0.5, 0.6) is 5.75 Å². The molecule has 9 nitrogen and oxygen atoms in total. The summed E-state index contributed by atoms with van der Waals surface area (Å²) in [6, 6.07) is 7.08. The van der Waals surface area contributed by atoms with E-state index < -0.39 is 11.8 Å². The van der Waals surface area contributed by atoms with Gasteiger partial charge in [0.05, 0.1) is 13.2 Å². The molecule has 0 bridgehead atoms. The summed E-state index contributed by atoms with van der Waals surface area (Å²) in [4.78, 5) is 42.4. The van der Waals surface area contributed by atoms with Crippen LogP contribution in [0, 0.1) is 0 Å². The van der Waals surface area contributed by atoms with Crippen molar-refractivity contribution in [3.8, 4) is 5.75 Å². The van der Waals surface area contributed by atoms with Gasteiger partial charge in [0, 0.05) is 51.6 Å². The smallest absolute Gasteiger partial charge is 0.321 e. The summed E-state index contributed by atoms with van der Waals surface area (Å²) in [6.45, 7) is 5.49. The van der Waals surface area contributed by atoms with Crippen LogP contribution in [0.2, 0.25) is 0 Å². The molecule has 0 saturated carbocycles. The molecule has 2 fully saturated rings. The second-order valence-electron chi connectivity index (χ2n) is 7.39. The number of benzene rings is 1. The van der Waals surface area contributed by atoms with Crippen molar-refractivity contribution in [2.45, 2.75) is 25.8 Å². The lowest BCUT2D eigenvalue weighted by Crippen LogP contribution is -2.59. The largest absolute Gasteiger partial charge is 0.494 e. The Morgan fingerprint density at radius 1 is 1.07 bits per heavy atom. The minimum atomic E-state index is -0.464. The van der Waals surface area contributed by atoms with E-state index in [4.69, 9.17) is 9.47 Å². The number of nitrogens with zero attached hydrogens (tertiary/aromatic N) is 3. The Labute approximate surface area is 176 Å². The van der Waals surface area contributed by atoms with E-state index in [9.17, 15) is 14.4 Å². The molecule has 2 aliphatic rings. The number of likely N-dealkylation sites (tertiary alicyclic amines) is 1. The molecule has 0 radical (unpaired) electrons. The summed E-state index contributed by atoms with van der Waals surface area (Å²) < 4.78 is 10.4. The lowest BCUT2D eigenvalue weighted by atomic mass is 10.0. The van der Waals surface area contributed by atoms with Gasteiger partial charge in [0.25, 0.3) is 0 Å². The maximum absolute atomic E-state index is 12.6. The van der Waals surface area contributed by atoms with Gasteiger partial charge in [-0.3, -0.25) is 9.59 Å². The highest BCUT2D eigenvalue weighted by molar-refractivity contribution is 6.35. The molecule has 2 saturated heterocycles. The van der Waals surface area contributed by atoms with E-state index in [1.165, 1.54) is 0 Å². The zero-order chi connectivity index (χ0) is 21.5. The van der Waals surface area contributed by atoms with Gasteiger partial charge in [0.1, 0.15) is 5.75 Å². The third kappa shape index (κ3) is 5.21. The number of ether oxygens (including phenoxy) is 2. The third-order valence-corrected chi connectivity index (χ3v) is 5.52. The Bertz CT molecular complexity index is 746. The Hall–Kier alpha value is -2.81. The molecule has 2 heterocycles. The number of anilines is 1. The van der Waals surface area contributed by atoms with E-state index in [0.29, 0.717) is 64.5 Å². The first-order chi connectivity index (χ1) is 14.5. The van der Waals surface area contributed by atoms with Crippen molar-refractivity contribution in [2.75, 3.05) is 58.4 Å². The van der Waals surface area contributed by atoms with E-state index in [0.717, 1.165) is 5.75 Å². The summed E-state index contributed by atoms with van der Waals surface area (Å²) in [6.07, 6.45) is 1.32. The molecule has 30 heavy (non-hydrogen) atoms. The molecular formula is C21H30N4O5. The van der Waals surface area contributed by atoms with Crippen LogP contribution in [-0.2, 0) is 14.3 Å². The summed E-state index contributed by atoms with van der Waals surface area (Å²) in [5.41, 5.74) is 0.707. The Morgan fingerprint density at radius 3 is 2.40 bits per heavy atom. The highest BCUT2D eigenvalue weighted by atomic mass is 16.5. The fraction of sp³-hybridized carbons (Fsp3) is 0.571. The SMILES string of the molecule is CCOc1ccc(NC(=O)N2CCC(N3CCN(CCOC)C(=O)C3=O)CC2)cc1. The number of methoxy groups -OCH3 is 1. The van der Waals surface area contributed by atoms with Gasteiger partial charge in [-0.25, -0.2) is 4.79 Å². The second kappa shape index (κ2) is 10.3. The molecule has 9 heteroatoms. The van der Waals surface area contributed by atoms with Crippen molar-refractivity contribution < 1.29 is 23.9 Å². The average molecular weight is 418 g/mol. The van der Waals surface area contributed by atoms with Crippen LogP contribution >= 0.6 is 0 Å². The van der Waals surface area contributed by atoms with Crippen LogP contribution < -0.4 is 10.1 Å². The van der Waals surface area contributed by atoms with Crippen LogP contribution in [0.25, 0.3) is 0 Å². The molecular weight excluding hydrogens is 388 g/mol. The Kier molecular flexibility index (Phi) is 7.51. The van der Waals surface area contributed by atoms with Gasteiger partial charge in [0.15, 0.2) is 0 Å². The second-order valence-corrected chi connectivity index (χ2v) is 7.39. The molecule has 0 spiro atoms. The van der Waals surface area contributed by atoms with Crippen LogP contribution in [0.3, 0.4) is 0 Å². The fourth-order valence-electron chi connectivity index (χ4n) is 3.84. The minimum Gasteiger partial charge on any atom is -0.494 e. The van der Waals surface area contributed by atoms with Crippen LogP contribution in [0.15, 0.2) is 24.3 Å². The predicted molar refractivity (Wildman–Crippen MR) is 111 cm³/mol. The van der Waals surface area contributed by atoms with E-state index in [1.54, 1.807) is 21.8 Å².